The quantitative estimate of drug-likeness (QED) is 0.612. The maximum absolute atomic E-state index is 11.2. The van der Waals surface area contributed by atoms with Crippen LogP contribution in [0.3, 0.4) is 0 Å². The summed E-state index contributed by atoms with van der Waals surface area (Å²) in [5.74, 6) is -0.523. The van der Waals surface area contributed by atoms with Crippen LogP contribution in [0.4, 0.5) is 5.69 Å². The second kappa shape index (κ2) is 5.92. The number of hydrogen-bond donors (Lipinski definition) is 1. The molecular weight excluding hydrogens is 206 g/mol. The van der Waals surface area contributed by atoms with E-state index in [1.54, 1.807) is 18.1 Å². The second-order valence-corrected chi connectivity index (χ2v) is 3.25. The lowest BCUT2D eigenvalue weighted by molar-refractivity contribution is -0.136. The van der Waals surface area contributed by atoms with E-state index < -0.39 is 5.97 Å². The molecule has 0 radical (unpaired) electrons. The first-order chi connectivity index (χ1) is 7.69. The van der Waals surface area contributed by atoms with Crippen LogP contribution in [0.5, 0.6) is 0 Å². The number of hydrogen-bond acceptors (Lipinski definition) is 4. The van der Waals surface area contributed by atoms with E-state index in [-0.39, 0.29) is 12.2 Å². The lowest BCUT2D eigenvalue weighted by Gasteiger charge is -2.15. The summed E-state index contributed by atoms with van der Waals surface area (Å²) in [4.78, 5) is 13.0. The Morgan fingerprint density at radius 3 is 2.56 bits per heavy atom. The molecule has 0 unspecified atom stereocenters. The van der Waals surface area contributed by atoms with Gasteiger partial charge >= 0.3 is 5.97 Å². The maximum Gasteiger partial charge on any atom is 0.337 e. The van der Waals surface area contributed by atoms with Crippen molar-refractivity contribution >= 4 is 11.7 Å². The van der Waals surface area contributed by atoms with Crippen LogP contribution < -0.4 is 4.90 Å². The van der Waals surface area contributed by atoms with Crippen LogP contribution in [0.15, 0.2) is 42.1 Å². The average molecular weight is 221 g/mol. The number of anilines is 1. The van der Waals surface area contributed by atoms with Crippen molar-refractivity contribution in [1.82, 2.24) is 0 Å². The minimum Gasteiger partial charge on any atom is -0.466 e. The summed E-state index contributed by atoms with van der Waals surface area (Å²) in [7, 11) is 3.09. The Morgan fingerprint density at radius 2 is 2.06 bits per heavy atom. The van der Waals surface area contributed by atoms with Crippen LogP contribution in [0.2, 0.25) is 0 Å². The molecular formula is C12H15NO3. The van der Waals surface area contributed by atoms with Crippen LogP contribution in [0, 0.1) is 0 Å². The van der Waals surface area contributed by atoms with Gasteiger partial charge in [-0.1, -0.05) is 18.2 Å². The summed E-state index contributed by atoms with van der Waals surface area (Å²) in [5.41, 5.74) is 1.14. The van der Waals surface area contributed by atoms with Crippen molar-refractivity contribution in [2.45, 2.75) is 0 Å². The zero-order valence-electron chi connectivity index (χ0n) is 9.38. The number of aliphatic hydroxyl groups excluding tert-OH is 1. The highest BCUT2D eigenvalue weighted by atomic mass is 16.5. The van der Waals surface area contributed by atoms with Crippen molar-refractivity contribution in [3.63, 3.8) is 0 Å². The summed E-state index contributed by atoms with van der Waals surface area (Å²) in [6.07, 6.45) is 1.56. The summed E-state index contributed by atoms with van der Waals surface area (Å²) in [6, 6.07) is 9.52. The highest BCUT2D eigenvalue weighted by Crippen LogP contribution is 2.12. The van der Waals surface area contributed by atoms with E-state index in [1.165, 1.54) is 7.11 Å². The largest absolute Gasteiger partial charge is 0.466 e. The minimum atomic E-state index is -0.523. The molecule has 4 heteroatoms. The molecule has 0 aliphatic heterocycles. The van der Waals surface area contributed by atoms with E-state index in [4.69, 9.17) is 5.11 Å². The minimum absolute atomic E-state index is 0.217. The van der Waals surface area contributed by atoms with E-state index in [2.05, 4.69) is 4.74 Å². The molecule has 0 heterocycles. The normalized spacial score (nSPS) is 11.1. The highest BCUT2D eigenvalue weighted by molar-refractivity contribution is 5.89. The van der Waals surface area contributed by atoms with Gasteiger partial charge in [-0.05, 0) is 12.1 Å². The zero-order valence-corrected chi connectivity index (χ0v) is 9.38. The number of nitrogens with zero attached hydrogens (tertiary/aromatic N) is 1. The topological polar surface area (TPSA) is 49.8 Å². The fourth-order valence-corrected chi connectivity index (χ4v) is 1.26. The lowest BCUT2D eigenvalue weighted by Crippen LogP contribution is -2.15. The highest BCUT2D eigenvalue weighted by Gasteiger charge is 2.09. The van der Waals surface area contributed by atoms with Gasteiger partial charge in [-0.2, -0.15) is 0 Å². The van der Waals surface area contributed by atoms with Crippen LogP contribution >= 0.6 is 0 Å². The molecule has 1 N–H and O–H groups in total. The number of para-hydroxylation sites is 1. The smallest absolute Gasteiger partial charge is 0.337 e. The Labute approximate surface area is 94.8 Å². The number of esters is 1. The number of carbonyl (C=O) groups excluding carboxylic acids is 1. The van der Waals surface area contributed by atoms with Gasteiger partial charge in [0.1, 0.15) is 0 Å². The first kappa shape index (κ1) is 12.3. The van der Waals surface area contributed by atoms with Crippen LogP contribution in [-0.2, 0) is 9.53 Å². The van der Waals surface area contributed by atoms with E-state index >= 15 is 0 Å². The van der Waals surface area contributed by atoms with Gasteiger partial charge < -0.3 is 14.7 Å². The number of rotatable bonds is 4. The summed E-state index contributed by atoms with van der Waals surface area (Å²) in [6.45, 7) is -0.343. The molecule has 0 amide bonds. The Morgan fingerprint density at radius 1 is 1.44 bits per heavy atom. The molecule has 0 saturated carbocycles. The van der Waals surface area contributed by atoms with E-state index in [9.17, 15) is 4.79 Å². The van der Waals surface area contributed by atoms with Gasteiger partial charge in [-0.3, -0.25) is 0 Å². The average Bonchev–Trinajstić information content (AvgIpc) is 2.35. The molecule has 4 nitrogen and oxygen atoms in total. The van der Waals surface area contributed by atoms with Gasteiger partial charge in [-0.15, -0.1) is 0 Å². The van der Waals surface area contributed by atoms with Gasteiger partial charge in [0.05, 0.1) is 19.3 Å². The Bertz CT molecular complexity index is 373. The van der Waals surface area contributed by atoms with Crippen molar-refractivity contribution in [2.75, 3.05) is 25.7 Å². The molecule has 0 saturated heterocycles. The first-order valence-corrected chi connectivity index (χ1v) is 4.86. The lowest BCUT2D eigenvalue weighted by atomic mass is 10.2. The third kappa shape index (κ3) is 3.10. The molecule has 1 aromatic carbocycles. The van der Waals surface area contributed by atoms with Gasteiger partial charge in [0.2, 0.25) is 0 Å². The molecule has 0 fully saturated rings. The Kier molecular flexibility index (Phi) is 4.54. The second-order valence-electron chi connectivity index (χ2n) is 3.25. The van der Waals surface area contributed by atoms with Gasteiger partial charge in [0.25, 0.3) is 0 Å². The van der Waals surface area contributed by atoms with Gasteiger partial charge in [0.15, 0.2) is 0 Å². The standard InChI is InChI=1S/C12H15NO3/c1-13(11-6-4-3-5-7-11)8-10(9-14)12(15)16-2/h3-8,14H,9H2,1-2H3/b10-8+. The Balaban J connectivity index is 2.86. The molecule has 1 aromatic rings. The number of benzene rings is 1. The van der Waals surface area contributed by atoms with Crippen molar-refractivity contribution < 1.29 is 14.6 Å². The maximum atomic E-state index is 11.2. The summed E-state index contributed by atoms with van der Waals surface area (Å²) < 4.78 is 4.55. The van der Waals surface area contributed by atoms with Crippen molar-refractivity contribution in [3.05, 3.63) is 42.1 Å². The van der Waals surface area contributed by atoms with Crippen LogP contribution in [0.1, 0.15) is 0 Å². The van der Waals surface area contributed by atoms with Gasteiger partial charge in [0, 0.05) is 18.9 Å². The molecule has 1 rings (SSSR count). The molecule has 0 aliphatic carbocycles. The molecule has 0 atom stereocenters. The monoisotopic (exact) mass is 221 g/mol. The predicted octanol–water partition coefficient (Wildman–Crippen LogP) is 1.17. The van der Waals surface area contributed by atoms with Crippen LogP contribution in [0.25, 0.3) is 0 Å². The molecule has 16 heavy (non-hydrogen) atoms. The number of methoxy groups -OCH3 is 1. The third-order valence-corrected chi connectivity index (χ3v) is 2.13. The molecule has 86 valence electrons. The fourth-order valence-electron chi connectivity index (χ4n) is 1.26. The van der Waals surface area contributed by atoms with Crippen molar-refractivity contribution in [2.24, 2.45) is 0 Å². The first-order valence-electron chi connectivity index (χ1n) is 4.86. The fraction of sp³-hybridized carbons (Fsp3) is 0.250. The zero-order chi connectivity index (χ0) is 12.0. The molecule has 0 aliphatic rings. The Hall–Kier alpha value is -1.81. The number of carbonyl (C=O) groups is 1. The molecule has 0 aromatic heterocycles. The van der Waals surface area contributed by atoms with Crippen molar-refractivity contribution in [3.8, 4) is 0 Å². The molecule has 0 spiro atoms. The SMILES string of the molecule is COC(=O)/C(=C/N(C)c1ccccc1)CO. The van der Waals surface area contributed by atoms with E-state index in [0.29, 0.717) is 0 Å². The van der Waals surface area contributed by atoms with E-state index in [1.807, 2.05) is 30.3 Å². The molecule has 0 bridgehead atoms. The number of ether oxygens (including phenoxy) is 1. The van der Waals surface area contributed by atoms with Crippen molar-refractivity contribution in [1.29, 1.82) is 0 Å². The number of aliphatic hydroxyl groups is 1. The predicted molar refractivity (Wildman–Crippen MR) is 62.0 cm³/mol. The van der Waals surface area contributed by atoms with Gasteiger partial charge in [-0.25, -0.2) is 4.79 Å². The third-order valence-electron chi connectivity index (χ3n) is 2.13. The summed E-state index contributed by atoms with van der Waals surface area (Å²) in [5, 5.41) is 9.03. The van der Waals surface area contributed by atoms with Crippen LogP contribution in [-0.4, -0.2) is 31.8 Å². The summed E-state index contributed by atoms with van der Waals surface area (Å²) >= 11 is 0. The van der Waals surface area contributed by atoms with E-state index in [0.717, 1.165) is 5.69 Å².